The molecule has 1 atom stereocenters. The number of carboxylic acids is 1. The number of thioether (sulfide) groups is 1. The second-order valence-electron chi connectivity index (χ2n) is 4.38. The van der Waals surface area contributed by atoms with Crippen LogP contribution in [0.4, 0.5) is 10.5 Å². The maximum absolute atomic E-state index is 12.0. The molecule has 0 saturated heterocycles. The van der Waals surface area contributed by atoms with Gasteiger partial charge in [0.05, 0.1) is 18.4 Å². The minimum absolute atomic E-state index is 0.0175. The van der Waals surface area contributed by atoms with E-state index in [-0.39, 0.29) is 17.3 Å². The Balaban J connectivity index is 2.85. The predicted molar refractivity (Wildman–Crippen MR) is 84.6 cm³/mol. The summed E-state index contributed by atoms with van der Waals surface area (Å²) >= 11 is 1.64. The van der Waals surface area contributed by atoms with Crippen LogP contribution in [0.2, 0.25) is 0 Å². The second kappa shape index (κ2) is 8.41. The van der Waals surface area contributed by atoms with Gasteiger partial charge in [-0.1, -0.05) is 6.92 Å². The molecule has 0 aromatic heterocycles. The van der Waals surface area contributed by atoms with Crippen molar-refractivity contribution in [1.82, 2.24) is 5.32 Å². The third kappa shape index (κ3) is 5.18. The lowest BCUT2D eigenvalue weighted by Gasteiger charge is -2.17. The fourth-order valence-electron chi connectivity index (χ4n) is 1.75. The van der Waals surface area contributed by atoms with Gasteiger partial charge in [0.1, 0.15) is 5.75 Å². The maximum Gasteiger partial charge on any atom is 0.337 e. The highest BCUT2D eigenvalue weighted by atomic mass is 32.2. The number of amides is 2. The molecule has 7 heteroatoms. The highest BCUT2D eigenvalue weighted by Crippen LogP contribution is 2.22. The molecule has 0 aliphatic carbocycles. The average molecular weight is 312 g/mol. The molecule has 0 fully saturated rings. The topological polar surface area (TPSA) is 87.7 Å². The van der Waals surface area contributed by atoms with Crippen molar-refractivity contribution >= 4 is 29.4 Å². The summed E-state index contributed by atoms with van der Waals surface area (Å²) in [4.78, 5) is 23.1. The smallest absolute Gasteiger partial charge is 0.337 e. The first kappa shape index (κ1) is 17.2. The van der Waals surface area contributed by atoms with Crippen molar-refractivity contribution in [1.29, 1.82) is 0 Å². The van der Waals surface area contributed by atoms with E-state index in [2.05, 4.69) is 10.6 Å². The summed E-state index contributed by atoms with van der Waals surface area (Å²) in [6, 6.07) is 4.04. The number of carboxylic acid groups (broad SMARTS) is 1. The second-order valence-corrected chi connectivity index (χ2v) is 5.29. The molecular weight excluding hydrogens is 292 g/mol. The highest BCUT2D eigenvalue weighted by Gasteiger charge is 2.15. The molecule has 21 heavy (non-hydrogen) atoms. The van der Waals surface area contributed by atoms with E-state index in [4.69, 9.17) is 9.84 Å². The van der Waals surface area contributed by atoms with E-state index in [9.17, 15) is 9.59 Å². The summed E-state index contributed by atoms with van der Waals surface area (Å²) in [5.41, 5.74) is 0.224. The summed E-state index contributed by atoms with van der Waals surface area (Å²) in [6.45, 7) is 1.98. The van der Waals surface area contributed by atoms with E-state index in [0.717, 1.165) is 12.2 Å². The zero-order valence-electron chi connectivity index (χ0n) is 12.3. The van der Waals surface area contributed by atoms with E-state index in [1.165, 1.54) is 25.3 Å². The Morgan fingerprint density at radius 3 is 2.67 bits per heavy atom. The number of nitrogens with one attached hydrogen (secondary N) is 2. The number of carbonyl (C=O) groups excluding carboxylic acids is 1. The Morgan fingerprint density at radius 1 is 1.43 bits per heavy atom. The minimum Gasteiger partial charge on any atom is -0.497 e. The number of hydrogen-bond acceptors (Lipinski definition) is 4. The van der Waals surface area contributed by atoms with E-state index in [0.29, 0.717) is 5.75 Å². The van der Waals surface area contributed by atoms with Crippen LogP contribution in [0.25, 0.3) is 0 Å². The number of methoxy groups -OCH3 is 1. The molecule has 3 N–H and O–H groups in total. The third-order valence-electron chi connectivity index (χ3n) is 2.90. The first-order chi connectivity index (χ1) is 10.0. The Hall–Kier alpha value is -1.89. The van der Waals surface area contributed by atoms with Crippen molar-refractivity contribution in [3.05, 3.63) is 23.8 Å². The van der Waals surface area contributed by atoms with Gasteiger partial charge in [-0.25, -0.2) is 9.59 Å². The van der Waals surface area contributed by atoms with Crippen molar-refractivity contribution in [2.24, 2.45) is 0 Å². The van der Waals surface area contributed by atoms with Gasteiger partial charge in [0, 0.05) is 17.9 Å². The van der Waals surface area contributed by atoms with Gasteiger partial charge in [-0.2, -0.15) is 11.8 Å². The van der Waals surface area contributed by atoms with E-state index in [1.807, 2.05) is 13.2 Å². The lowest BCUT2D eigenvalue weighted by atomic mass is 10.1. The summed E-state index contributed by atoms with van der Waals surface area (Å²) in [7, 11) is 1.48. The molecule has 116 valence electrons. The van der Waals surface area contributed by atoms with Crippen LogP contribution in [-0.4, -0.2) is 42.3 Å². The number of ether oxygens (including phenoxy) is 1. The lowest BCUT2D eigenvalue weighted by Crippen LogP contribution is -2.39. The van der Waals surface area contributed by atoms with Crippen molar-refractivity contribution in [3.63, 3.8) is 0 Å². The number of aromatic carboxylic acids is 1. The monoisotopic (exact) mass is 312 g/mol. The zero-order valence-corrected chi connectivity index (χ0v) is 13.1. The van der Waals surface area contributed by atoms with Crippen molar-refractivity contribution < 1.29 is 19.4 Å². The first-order valence-corrected chi connectivity index (χ1v) is 7.89. The van der Waals surface area contributed by atoms with Crippen LogP contribution >= 0.6 is 11.8 Å². The number of urea groups is 1. The van der Waals surface area contributed by atoms with Crippen LogP contribution in [0.1, 0.15) is 23.7 Å². The quantitative estimate of drug-likeness (QED) is 0.720. The molecule has 6 nitrogen and oxygen atoms in total. The van der Waals surface area contributed by atoms with E-state index >= 15 is 0 Å². The summed E-state index contributed by atoms with van der Waals surface area (Å²) in [6.07, 6.45) is 2.77. The van der Waals surface area contributed by atoms with Gasteiger partial charge in [0.2, 0.25) is 0 Å². The van der Waals surface area contributed by atoms with Crippen LogP contribution in [0, 0.1) is 0 Å². The standard InChI is InChI=1S/C14H20N2O4S/c1-4-9(8-21-3)15-14(19)16-12-7-10(20-2)5-6-11(12)13(17)18/h5-7,9H,4,8H2,1-3H3,(H,17,18)(H2,15,16,19). The SMILES string of the molecule is CCC(CSC)NC(=O)Nc1cc(OC)ccc1C(=O)O. The number of anilines is 1. The van der Waals surface area contributed by atoms with Crippen molar-refractivity contribution in [2.75, 3.05) is 24.4 Å². The largest absolute Gasteiger partial charge is 0.497 e. The first-order valence-electron chi connectivity index (χ1n) is 6.49. The van der Waals surface area contributed by atoms with Crippen LogP contribution < -0.4 is 15.4 Å². The molecule has 0 aliphatic heterocycles. The molecule has 0 spiro atoms. The van der Waals surface area contributed by atoms with Gasteiger partial charge in [-0.15, -0.1) is 0 Å². The van der Waals surface area contributed by atoms with Gasteiger partial charge < -0.3 is 20.5 Å². The van der Waals surface area contributed by atoms with Gasteiger partial charge in [0.15, 0.2) is 0 Å². The number of hydrogen-bond donors (Lipinski definition) is 3. The van der Waals surface area contributed by atoms with Gasteiger partial charge in [-0.3, -0.25) is 0 Å². The van der Waals surface area contributed by atoms with Crippen molar-refractivity contribution in [2.45, 2.75) is 19.4 Å². The molecule has 0 saturated carbocycles. The van der Waals surface area contributed by atoms with Crippen molar-refractivity contribution in [3.8, 4) is 5.75 Å². The molecule has 0 aliphatic rings. The van der Waals surface area contributed by atoms with Crippen LogP contribution in [0.5, 0.6) is 5.75 Å². The Morgan fingerprint density at radius 2 is 2.14 bits per heavy atom. The number of benzene rings is 1. The van der Waals surface area contributed by atoms with E-state index < -0.39 is 12.0 Å². The molecule has 1 rings (SSSR count). The van der Waals surface area contributed by atoms with Crippen LogP contribution in [0.3, 0.4) is 0 Å². The lowest BCUT2D eigenvalue weighted by molar-refractivity contribution is 0.0698. The maximum atomic E-state index is 12.0. The van der Waals surface area contributed by atoms with Gasteiger partial charge >= 0.3 is 12.0 Å². The summed E-state index contributed by atoms with van der Waals surface area (Å²) in [5.74, 6) is 0.170. The molecule has 1 aromatic rings. The normalized spacial score (nSPS) is 11.6. The van der Waals surface area contributed by atoms with Gasteiger partial charge in [-0.05, 0) is 24.8 Å². The number of carbonyl (C=O) groups is 2. The molecule has 2 amide bonds. The summed E-state index contributed by atoms with van der Waals surface area (Å²) < 4.78 is 5.04. The molecular formula is C14H20N2O4S. The fraction of sp³-hybridized carbons (Fsp3) is 0.429. The Labute approximate surface area is 128 Å². The zero-order chi connectivity index (χ0) is 15.8. The van der Waals surface area contributed by atoms with Crippen LogP contribution in [0.15, 0.2) is 18.2 Å². The molecule has 0 bridgehead atoms. The van der Waals surface area contributed by atoms with Crippen LogP contribution in [-0.2, 0) is 0 Å². The fourth-order valence-corrected chi connectivity index (χ4v) is 2.47. The number of rotatable bonds is 7. The average Bonchev–Trinajstić information content (AvgIpc) is 2.46. The Kier molecular flexibility index (Phi) is 6.87. The molecule has 0 heterocycles. The third-order valence-corrected chi connectivity index (χ3v) is 3.64. The molecule has 0 radical (unpaired) electrons. The van der Waals surface area contributed by atoms with Gasteiger partial charge in [0.25, 0.3) is 0 Å². The Bertz CT molecular complexity index is 508. The molecule has 1 unspecified atom stereocenters. The molecule has 1 aromatic carbocycles. The highest BCUT2D eigenvalue weighted by molar-refractivity contribution is 7.98. The minimum atomic E-state index is -1.11. The van der Waals surface area contributed by atoms with E-state index in [1.54, 1.807) is 11.8 Å². The summed E-state index contributed by atoms with van der Waals surface area (Å²) in [5, 5.41) is 14.5. The predicted octanol–water partition coefficient (Wildman–Crippen LogP) is 2.66.